The third kappa shape index (κ3) is 8.43. The summed E-state index contributed by atoms with van der Waals surface area (Å²) >= 11 is 0. The number of hydrogen-bond donors (Lipinski definition) is 0. The molecule has 0 aromatic carbocycles. The molecule has 8 heteroatoms. The fourth-order valence-corrected chi connectivity index (χ4v) is 4.94. The summed E-state index contributed by atoms with van der Waals surface area (Å²) < 4.78 is 23.5. The van der Waals surface area contributed by atoms with E-state index in [0.717, 1.165) is 10.5 Å². The SMILES string of the molecule is C[SiH](C)OC(CCO[SiH3])(O[SiH](C)C)O[SiH](C)C. The Hall–Kier alpha value is 0.708. The van der Waals surface area contributed by atoms with Gasteiger partial charge in [-0.25, -0.2) is 0 Å². The predicted octanol–water partition coefficient (Wildman–Crippen LogP) is 0.327. The summed E-state index contributed by atoms with van der Waals surface area (Å²) in [7, 11) is -2.87. The maximum Gasteiger partial charge on any atom is 0.255 e. The summed E-state index contributed by atoms with van der Waals surface area (Å²) in [4.78, 5) is 0. The van der Waals surface area contributed by atoms with Crippen LogP contribution in [-0.2, 0) is 17.7 Å². The third-order valence-corrected chi connectivity index (χ3v) is 4.76. The lowest BCUT2D eigenvalue weighted by atomic mass is 10.4. The summed E-state index contributed by atoms with van der Waals surface area (Å²) in [5.41, 5.74) is 0. The van der Waals surface area contributed by atoms with Gasteiger partial charge < -0.3 is 17.7 Å². The first-order valence-corrected chi connectivity index (χ1v) is 15.5. The molecule has 0 aliphatic rings. The van der Waals surface area contributed by atoms with Crippen LogP contribution in [-0.4, -0.2) is 50.2 Å². The Labute approximate surface area is 114 Å². The molecular weight excluding hydrogens is 284 g/mol. The van der Waals surface area contributed by atoms with E-state index in [1.165, 1.54) is 0 Å². The van der Waals surface area contributed by atoms with Gasteiger partial charge in [-0.1, -0.05) is 0 Å². The van der Waals surface area contributed by atoms with Crippen molar-refractivity contribution in [3.8, 4) is 0 Å². The van der Waals surface area contributed by atoms with E-state index in [1.807, 2.05) is 0 Å². The van der Waals surface area contributed by atoms with Crippen molar-refractivity contribution in [2.75, 3.05) is 6.61 Å². The summed E-state index contributed by atoms with van der Waals surface area (Å²) in [5.74, 6) is -0.800. The predicted molar refractivity (Wildman–Crippen MR) is 83.1 cm³/mol. The van der Waals surface area contributed by atoms with Crippen molar-refractivity contribution in [2.45, 2.75) is 51.7 Å². The minimum absolute atomic E-state index is 0.662. The fourth-order valence-electron chi connectivity index (χ4n) is 1.56. The van der Waals surface area contributed by atoms with E-state index < -0.39 is 33.1 Å². The molecule has 0 aliphatic carbocycles. The van der Waals surface area contributed by atoms with Crippen molar-refractivity contribution in [1.29, 1.82) is 0 Å². The summed E-state index contributed by atoms with van der Waals surface area (Å²) in [6.45, 7) is 13.5. The summed E-state index contributed by atoms with van der Waals surface area (Å²) in [5, 5.41) is 0. The van der Waals surface area contributed by atoms with Crippen LogP contribution in [0.2, 0.25) is 39.3 Å². The zero-order valence-electron chi connectivity index (χ0n) is 12.3. The molecule has 0 spiro atoms. The lowest BCUT2D eigenvalue weighted by Gasteiger charge is -2.38. The topological polar surface area (TPSA) is 36.9 Å². The Balaban J connectivity index is 4.76. The normalized spacial score (nSPS) is 13.2. The molecule has 0 aliphatic heterocycles. The van der Waals surface area contributed by atoms with Gasteiger partial charge in [0.2, 0.25) is 0 Å². The minimum atomic E-state index is -1.21. The van der Waals surface area contributed by atoms with Gasteiger partial charge in [0.1, 0.15) is 10.5 Å². The highest BCUT2D eigenvalue weighted by Crippen LogP contribution is 2.24. The van der Waals surface area contributed by atoms with Crippen LogP contribution >= 0.6 is 0 Å². The van der Waals surface area contributed by atoms with Gasteiger partial charge in [0.05, 0.1) is 0 Å². The van der Waals surface area contributed by atoms with Crippen molar-refractivity contribution in [1.82, 2.24) is 0 Å². The molecule has 0 radical (unpaired) electrons. The van der Waals surface area contributed by atoms with Crippen LogP contribution < -0.4 is 0 Å². The van der Waals surface area contributed by atoms with Crippen molar-refractivity contribution in [3.05, 3.63) is 0 Å². The molecule has 0 unspecified atom stereocenters. The molecule has 0 saturated heterocycles. The molecule has 0 aromatic rings. The molecule has 4 nitrogen and oxygen atoms in total. The molecule has 0 N–H and O–H groups in total. The average Bonchev–Trinajstić information content (AvgIpc) is 2.11. The summed E-state index contributed by atoms with van der Waals surface area (Å²) in [6, 6.07) is 0. The van der Waals surface area contributed by atoms with Crippen molar-refractivity contribution < 1.29 is 17.7 Å². The van der Waals surface area contributed by atoms with E-state index in [0.29, 0.717) is 13.0 Å². The highest BCUT2D eigenvalue weighted by molar-refractivity contribution is 6.51. The van der Waals surface area contributed by atoms with Gasteiger partial charge in [-0.2, -0.15) is 0 Å². The van der Waals surface area contributed by atoms with Crippen molar-refractivity contribution in [3.63, 3.8) is 0 Å². The third-order valence-electron chi connectivity index (χ3n) is 1.86. The molecule has 104 valence electrons. The first-order valence-electron chi connectivity index (χ1n) is 6.33. The van der Waals surface area contributed by atoms with Crippen LogP contribution in [0.25, 0.3) is 0 Å². The monoisotopic (exact) mass is 312 g/mol. The average molecular weight is 313 g/mol. The van der Waals surface area contributed by atoms with E-state index in [1.54, 1.807) is 0 Å². The molecule has 0 atom stereocenters. The van der Waals surface area contributed by atoms with Gasteiger partial charge in [0.25, 0.3) is 5.97 Å². The zero-order chi connectivity index (χ0) is 13.5. The van der Waals surface area contributed by atoms with E-state index in [-0.39, 0.29) is 0 Å². The molecular formula is C9H28O4Si4. The van der Waals surface area contributed by atoms with Crippen LogP contribution in [0.15, 0.2) is 0 Å². The van der Waals surface area contributed by atoms with E-state index in [4.69, 9.17) is 17.7 Å². The van der Waals surface area contributed by atoms with Crippen molar-refractivity contribution >= 4 is 37.6 Å². The Bertz CT molecular complexity index is 175. The first kappa shape index (κ1) is 17.7. The second-order valence-corrected chi connectivity index (χ2v) is 12.5. The second kappa shape index (κ2) is 8.75. The summed E-state index contributed by atoms with van der Waals surface area (Å²) in [6.07, 6.45) is 0.693. The fraction of sp³-hybridized carbons (Fsp3) is 1.00. The smallest absolute Gasteiger partial charge is 0.255 e. The van der Waals surface area contributed by atoms with Gasteiger partial charge in [0, 0.05) is 13.0 Å². The van der Waals surface area contributed by atoms with Crippen LogP contribution in [0.5, 0.6) is 0 Å². The molecule has 0 amide bonds. The van der Waals surface area contributed by atoms with Crippen LogP contribution in [0.3, 0.4) is 0 Å². The van der Waals surface area contributed by atoms with Crippen LogP contribution in [0, 0.1) is 0 Å². The van der Waals surface area contributed by atoms with Gasteiger partial charge >= 0.3 is 0 Å². The van der Waals surface area contributed by atoms with Gasteiger partial charge in [-0.15, -0.1) is 0 Å². The molecule has 0 bridgehead atoms. The van der Waals surface area contributed by atoms with E-state index in [9.17, 15) is 0 Å². The lowest BCUT2D eigenvalue weighted by molar-refractivity contribution is -0.268. The standard InChI is InChI=1S/C9H28O4Si4/c1-15(2)11-9(7-8-10-14,12-16(3)4)13-17(5)6/h15-17H,7-8H2,1-6,14H3. The van der Waals surface area contributed by atoms with E-state index in [2.05, 4.69) is 39.3 Å². The molecule has 0 fully saturated rings. The molecule has 17 heavy (non-hydrogen) atoms. The molecule has 0 heterocycles. The quantitative estimate of drug-likeness (QED) is 0.454. The highest BCUT2D eigenvalue weighted by atomic mass is 28.3. The Morgan fingerprint density at radius 3 is 1.41 bits per heavy atom. The lowest BCUT2D eigenvalue weighted by Crippen LogP contribution is -2.48. The molecule has 0 aromatic heterocycles. The minimum Gasteiger partial charge on any atom is -0.428 e. The van der Waals surface area contributed by atoms with Crippen LogP contribution in [0.4, 0.5) is 0 Å². The Kier molecular flexibility index (Phi) is 9.11. The van der Waals surface area contributed by atoms with Crippen LogP contribution in [0.1, 0.15) is 6.42 Å². The Morgan fingerprint density at radius 1 is 0.824 bits per heavy atom. The second-order valence-electron chi connectivity index (χ2n) is 4.93. The molecule has 0 rings (SSSR count). The zero-order valence-corrected chi connectivity index (χ0v) is 17.7. The van der Waals surface area contributed by atoms with Gasteiger partial charge in [0.15, 0.2) is 27.1 Å². The van der Waals surface area contributed by atoms with Gasteiger partial charge in [-0.3, -0.25) is 0 Å². The number of hydrogen-bond acceptors (Lipinski definition) is 4. The maximum absolute atomic E-state index is 6.06. The largest absolute Gasteiger partial charge is 0.428 e. The first-order chi connectivity index (χ1) is 7.81. The van der Waals surface area contributed by atoms with E-state index >= 15 is 0 Å². The van der Waals surface area contributed by atoms with Gasteiger partial charge in [-0.05, 0) is 39.3 Å². The highest BCUT2D eigenvalue weighted by Gasteiger charge is 2.35. The Morgan fingerprint density at radius 2 is 1.18 bits per heavy atom. The van der Waals surface area contributed by atoms with Crippen molar-refractivity contribution in [2.24, 2.45) is 0 Å². The number of rotatable bonds is 9. The molecule has 0 saturated carbocycles. The maximum atomic E-state index is 6.06.